The van der Waals surface area contributed by atoms with Gasteiger partial charge in [0.25, 0.3) is 5.91 Å². The van der Waals surface area contributed by atoms with E-state index in [1.54, 1.807) is 11.8 Å². The zero-order chi connectivity index (χ0) is 17.1. The van der Waals surface area contributed by atoms with Gasteiger partial charge in [0.05, 0.1) is 5.69 Å². The van der Waals surface area contributed by atoms with Crippen LogP contribution in [0.2, 0.25) is 0 Å². The van der Waals surface area contributed by atoms with Crippen molar-refractivity contribution in [1.29, 1.82) is 0 Å². The zero-order valence-electron chi connectivity index (χ0n) is 14.3. The molecule has 1 saturated heterocycles. The van der Waals surface area contributed by atoms with Crippen LogP contribution in [-0.4, -0.2) is 55.5 Å². The van der Waals surface area contributed by atoms with E-state index >= 15 is 0 Å². The molecule has 2 heterocycles. The van der Waals surface area contributed by atoms with Crippen molar-refractivity contribution in [3.8, 4) is 5.75 Å². The van der Waals surface area contributed by atoms with E-state index < -0.39 is 6.10 Å². The minimum absolute atomic E-state index is 0.0892. The van der Waals surface area contributed by atoms with Gasteiger partial charge in [-0.3, -0.25) is 9.59 Å². The molecule has 1 aromatic rings. The van der Waals surface area contributed by atoms with E-state index in [4.69, 9.17) is 4.74 Å². The first kappa shape index (κ1) is 16.8. The normalized spacial score (nSPS) is 21.2. The monoisotopic (exact) mass is 331 g/mol. The summed E-state index contributed by atoms with van der Waals surface area (Å²) < 4.78 is 5.63. The van der Waals surface area contributed by atoms with Crippen molar-refractivity contribution in [1.82, 2.24) is 10.2 Å². The summed E-state index contributed by atoms with van der Waals surface area (Å²) in [5, 5.41) is 3.31. The SMILES string of the molecule is CC1Oc2ccccc2N(CCC(=O)N(C)C2CCNCC2)C1=O. The van der Waals surface area contributed by atoms with Crippen LogP contribution in [0, 0.1) is 0 Å². The van der Waals surface area contributed by atoms with E-state index in [1.165, 1.54) is 0 Å². The number of benzene rings is 1. The topological polar surface area (TPSA) is 61.9 Å². The van der Waals surface area contributed by atoms with Gasteiger partial charge in [0.2, 0.25) is 5.91 Å². The predicted molar refractivity (Wildman–Crippen MR) is 92.2 cm³/mol. The van der Waals surface area contributed by atoms with E-state index in [1.807, 2.05) is 36.2 Å². The van der Waals surface area contributed by atoms with Gasteiger partial charge in [0.1, 0.15) is 5.75 Å². The summed E-state index contributed by atoms with van der Waals surface area (Å²) in [5.74, 6) is 0.695. The van der Waals surface area contributed by atoms with E-state index in [2.05, 4.69) is 5.32 Å². The van der Waals surface area contributed by atoms with Gasteiger partial charge in [-0.15, -0.1) is 0 Å². The number of anilines is 1. The lowest BCUT2D eigenvalue weighted by Gasteiger charge is -2.34. The number of fused-ring (bicyclic) bond motifs is 1. The Morgan fingerprint density at radius 3 is 2.79 bits per heavy atom. The summed E-state index contributed by atoms with van der Waals surface area (Å²) in [4.78, 5) is 28.5. The summed E-state index contributed by atoms with van der Waals surface area (Å²) in [7, 11) is 1.87. The van der Waals surface area contributed by atoms with Gasteiger partial charge >= 0.3 is 0 Å². The lowest BCUT2D eigenvalue weighted by Crippen LogP contribution is -2.47. The standard InChI is InChI=1S/C18H25N3O3/c1-13-18(23)21(15-5-3-4-6-16(15)24-13)12-9-17(22)20(2)14-7-10-19-11-8-14/h3-6,13-14,19H,7-12H2,1-2H3. The van der Waals surface area contributed by atoms with Crippen LogP contribution in [-0.2, 0) is 9.59 Å². The molecule has 0 saturated carbocycles. The van der Waals surface area contributed by atoms with Gasteiger partial charge in [0, 0.05) is 26.1 Å². The Morgan fingerprint density at radius 2 is 2.04 bits per heavy atom. The Morgan fingerprint density at radius 1 is 1.33 bits per heavy atom. The summed E-state index contributed by atoms with van der Waals surface area (Å²) in [6, 6.07) is 7.77. The minimum atomic E-state index is -0.517. The van der Waals surface area contributed by atoms with Crippen LogP contribution < -0.4 is 15.0 Å². The van der Waals surface area contributed by atoms with Crippen LogP contribution in [0.15, 0.2) is 24.3 Å². The number of nitrogens with zero attached hydrogens (tertiary/aromatic N) is 2. The van der Waals surface area contributed by atoms with E-state index in [0.717, 1.165) is 31.6 Å². The van der Waals surface area contributed by atoms with Crippen molar-refractivity contribution in [2.45, 2.75) is 38.3 Å². The maximum atomic E-state index is 12.5. The Balaban J connectivity index is 1.65. The quantitative estimate of drug-likeness (QED) is 0.906. The van der Waals surface area contributed by atoms with Crippen LogP contribution in [0.25, 0.3) is 0 Å². The van der Waals surface area contributed by atoms with Crippen molar-refractivity contribution < 1.29 is 14.3 Å². The summed E-state index contributed by atoms with van der Waals surface area (Å²) in [6.45, 7) is 4.04. The second-order valence-electron chi connectivity index (χ2n) is 6.45. The lowest BCUT2D eigenvalue weighted by molar-refractivity contribution is -0.132. The number of para-hydroxylation sites is 2. The Kier molecular flexibility index (Phi) is 5.04. The number of hydrogen-bond acceptors (Lipinski definition) is 4. The fourth-order valence-corrected chi connectivity index (χ4v) is 3.37. The molecule has 1 unspecified atom stereocenters. The molecule has 1 atom stereocenters. The minimum Gasteiger partial charge on any atom is -0.479 e. The fourth-order valence-electron chi connectivity index (χ4n) is 3.37. The number of ether oxygens (including phenoxy) is 1. The number of hydrogen-bond donors (Lipinski definition) is 1. The highest BCUT2D eigenvalue weighted by Gasteiger charge is 2.32. The largest absolute Gasteiger partial charge is 0.479 e. The Hall–Kier alpha value is -2.08. The molecule has 2 aliphatic heterocycles. The predicted octanol–water partition coefficient (Wildman–Crippen LogP) is 1.40. The summed E-state index contributed by atoms with van der Waals surface area (Å²) >= 11 is 0. The first-order chi connectivity index (χ1) is 11.6. The van der Waals surface area contributed by atoms with Gasteiger partial charge < -0.3 is 19.9 Å². The van der Waals surface area contributed by atoms with Crippen LogP contribution >= 0.6 is 0 Å². The molecule has 0 radical (unpaired) electrons. The van der Waals surface area contributed by atoms with Crippen LogP contribution in [0.1, 0.15) is 26.2 Å². The first-order valence-electron chi connectivity index (χ1n) is 8.61. The van der Waals surface area contributed by atoms with Gasteiger partial charge in [-0.2, -0.15) is 0 Å². The lowest BCUT2D eigenvalue weighted by atomic mass is 10.0. The molecule has 2 aliphatic rings. The smallest absolute Gasteiger partial charge is 0.267 e. The average molecular weight is 331 g/mol. The highest BCUT2D eigenvalue weighted by Crippen LogP contribution is 2.33. The maximum absolute atomic E-state index is 12.5. The fraction of sp³-hybridized carbons (Fsp3) is 0.556. The molecule has 0 bridgehead atoms. The molecule has 0 aromatic heterocycles. The molecular weight excluding hydrogens is 306 g/mol. The second-order valence-corrected chi connectivity index (χ2v) is 6.45. The number of piperidine rings is 1. The molecule has 1 aromatic carbocycles. The number of carbonyl (C=O) groups is 2. The molecule has 1 N–H and O–H groups in total. The van der Waals surface area contributed by atoms with Crippen LogP contribution in [0.3, 0.4) is 0 Å². The van der Waals surface area contributed by atoms with Crippen molar-refractivity contribution >= 4 is 17.5 Å². The molecule has 0 spiro atoms. The van der Waals surface area contributed by atoms with Crippen LogP contribution in [0.4, 0.5) is 5.69 Å². The third kappa shape index (κ3) is 3.38. The highest BCUT2D eigenvalue weighted by atomic mass is 16.5. The third-order valence-corrected chi connectivity index (χ3v) is 4.87. The number of carbonyl (C=O) groups excluding carboxylic acids is 2. The molecule has 6 nitrogen and oxygen atoms in total. The third-order valence-electron chi connectivity index (χ3n) is 4.87. The molecular formula is C18H25N3O3. The summed E-state index contributed by atoms with van der Waals surface area (Å²) in [5.41, 5.74) is 0.748. The Bertz CT molecular complexity index is 613. The molecule has 130 valence electrons. The maximum Gasteiger partial charge on any atom is 0.267 e. The average Bonchev–Trinajstić information content (AvgIpc) is 2.62. The van der Waals surface area contributed by atoms with Gasteiger partial charge in [-0.05, 0) is 45.0 Å². The van der Waals surface area contributed by atoms with E-state index in [9.17, 15) is 9.59 Å². The molecule has 6 heteroatoms. The van der Waals surface area contributed by atoms with Crippen molar-refractivity contribution in [3.63, 3.8) is 0 Å². The Labute approximate surface area is 142 Å². The number of rotatable bonds is 4. The molecule has 24 heavy (non-hydrogen) atoms. The van der Waals surface area contributed by atoms with Crippen molar-refractivity contribution in [2.24, 2.45) is 0 Å². The van der Waals surface area contributed by atoms with Gasteiger partial charge in [0.15, 0.2) is 6.10 Å². The van der Waals surface area contributed by atoms with Crippen LogP contribution in [0.5, 0.6) is 5.75 Å². The molecule has 2 amide bonds. The zero-order valence-corrected chi connectivity index (χ0v) is 14.3. The summed E-state index contributed by atoms with van der Waals surface area (Å²) in [6.07, 6.45) is 1.78. The molecule has 1 fully saturated rings. The molecule has 3 rings (SSSR count). The van der Waals surface area contributed by atoms with E-state index in [0.29, 0.717) is 24.8 Å². The van der Waals surface area contributed by atoms with Crippen molar-refractivity contribution in [3.05, 3.63) is 24.3 Å². The van der Waals surface area contributed by atoms with Gasteiger partial charge in [-0.1, -0.05) is 12.1 Å². The number of amides is 2. The highest BCUT2D eigenvalue weighted by molar-refractivity contribution is 6.00. The van der Waals surface area contributed by atoms with E-state index in [-0.39, 0.29) is 11.8 Å². The first-order valence-corrected chi connectivity index (χ1v) is 8.61. The molecule has 0 aliphatic carbocycles. The number of nitrogens with one attached hydrogen (secondary N) is 1. The second kappa shape index (κ2) is 7.21. The van der Waals surface area contributed by atoms with Gasteiger partial charge in [-0.25, -0.2) is 0 Å². The van der Waals surface area contributed by atoms with Crippen molar-refractivity contribution in [2.75, 3.05) is 31.6 Å².